The summed E-state index contributed by atoms with van der Waals surface area (Å²) < 4.78 is 5.77. The molecule has 7 nitrogen and oxygen atoms in total. The third-order valence-electron chi connectivity index (χ3n) is 6.70. The van der Waals surface area contributed by atoms with E-state index in [1.807, 2.05) is 6.08 Å². The van der Waals surface area contributed by atoms with Crippen LogP contribution in [0.15, 0.2) is 24.3 Å². The maximum absolute atomic E-state index is 12.4. The van der Waals surface area contributed by atoms with E-state index in [0.29, 0.717) is 38.6 Å². The Morgan fingerprint density at radius 3 is 2.05 bits per heavy atom. The van der Waals surface area contributed by atoms with Gasteiger partial charge in [0.25, 0.3) is 0 Å². The summed E-state index contributed by atoms with van der Waals surface area (Å²) in [6, 6.07) is -0.867. The van der Waals surface area contributed by atoms with Crippen molar-refractivity contribution in [3.8, 4) is 0 Å². The molecule has 0 spiro atoms. The molecule has 0 bridgehead atoms. The lowest BCUT2D eigenvalue weighted by Crippen LogP contribution is -2.40. The van der Waals surface area contributed by atoms with Crippen LogP contribution in [0.25, 0.3) is 0 Å². The van der Waals surface area contributed by atoms with Crippen LogP contribution in [0.2, 0.25) is 0 Å². The van der Waals surface area contributed by atoms with Crippen molar-refractivity contribution in [2.75, 3.05) is 6.54 Å². The van der Waals surface area contributed by atoms with Crippen LogP contribution in [0.1, 0.15) is 142 Å². The molecule has 0 rings (SSSR count). The molecule has 39 heavy (non-hydrogen) atoms. The van der Waals surface area contributed by atoms with Crippen molar-refractivity contribution in [1.29, 1.82) is 0 Å². The molecule has 226 valence electrons. The van der Waals surface area contributed by atoms with Gasteiger partial charge in [0, 0.05) is 12.8 Å². The van der Waals surface area contributed by atoms with E-state index >= 15 is 0 Å². The average molecular weight is 551 g/mol. The summed E-state index contributed by atoms with van der Waals surface area (Å²) in [5.74, 6) is -1.36. The molecule has 0 aromatic rings. The average Bonchev–Trinajstić information content (AvgIpc) is 2.91. The van der Waals surface area contributed by atoms with Gasteiger partial charge in [-0.05, 0) is 76.8 Å². The molecule has 7 heteroatoms. The van der Waals surface area contributed by atoms with Crippen molar-refractivity contribution in [2.45, 2.75) is 154 Å². The predicted molar refractivity (Wildman–Crippen MR) is 160 cm³/mol. The summed E-state index contributed by atoms with van der Waals surface area (Å²) in [6.07, 6.45) is 26.9. The molecule has 4 N–H and O–H groups in total. The number of hydrogen-bond acceptors (Lipinski definition) is 5. The van der Waals surface area contributed by atoms with E-state index in [-0.39, 0.29) is 18.0 Å². The molecule has 0 saturated heterocycles. The number of nitrogens with two attached hydrogens (primary N) is 1. The number of ether oxygens (including phenoxy) is 1. The fourth-order valence-corrected chi connectivity index (χ4v) is 4.29. The zero-order valence-electron chi connectivity index (χ0n) is 25.0. The highest BCUT2D eigenvalue weighted by Crippen LogP contribution is 2.14. The molecule has 0 radical (unpaired) electrons. The second-order valence-electron chi connectivity index (χ2n) is 10.5. The Labute approximate surface area is 238 Å². The zero-order chi connectivity index (χ0) is 29.0. The molecule has 0 aliphatic rings. The van der Waals surface area contributed by atoms with Gasteiger partial charge in [-0.25, -0.2) is 4.79 Å². The standard InChI is InChI=1S/C32H58N2O5/c1-3-5-7-8-9-10-11-12-13-14-20-26-31(36)39-28(22-17-6-4-2)23-18-15-16-19-25-30(35)34-29(32(37)38)24-21-27-33/h8-9,17,22,28-29H,3-7,10-16,18-21,23-27,33H2,1-2H3,(H,34,35)(H,37,38)/b9-8-,22-17-. The lowest BCUT2D eigenvalue weighted by atomic mass is 10.1. The number of amides is 1. The van der Waals surface area contributed by atoms with Crippen LogP contribution in [-0.4, -0.2) is 41.6 Å². The quantitative estimate of drug-likeness (QED) is 0.0558. The molecule has 0 aliphatic carbocycles. The van der Waals surface area contributed by atoms with Gasteiger partial charge in [0.05, 0.1) is 0 Å². The maximum Gasteiger partial charge on any atom is 0.326 e. The molecule has 2 atom stereocenters. The predicted octanol–water partition coefficient (Wildman–Crippen LogP) is 7.38. The largest absolute Gasteiger partial charge is 0.480 e. The molecule has 0 heterocycles. The van der Waals surface area contributed by atoms with Gasteiger partial charge in [-0.15, -0.1) is 0 Å². The molecule has 0 aliphatic heterocycles. The Balaban J connectivity index is 4.11. The van der Waals surface area contributed by atoms with Gasteiger partial charge < -0.3 is 20.9 Å². The Bertz CT molecular complexity index is 677. The molecular formula is C32H58N2O5. The van der Waals surface area contributed by atoms with Gasteiger partial charge in [0.2, 0.25) is 5.91 Å². The van der Waals surface area contributed by atoms with E-state index in [4.69, 9.17) is 10.5 Å². The van der Waals surface area contributed by atoms with Gasteiger partial charge in [0.1, 0.15) is 12.1 Å². The van der Waals surface area contributed by atoms with E-state index in [0.717, 1.165) is 57.8 Å². The number of nitrogens with one attached hydrogen (secondary N) is 1. The van der Waals surface area contributed by atoms with E-state index in [9.17, 15) is 19.5 Å². The summed E-state index contributed by atoms with van der Waals surface area (Å²) in [6.45, 7) is 4.75. The normalized spacial score (nSPS) is 13.1. The maximum atomic E-state index is 12.4. The Hall–Kier alpha value is -2.15. The van der Waals surface area contributed by atoms with Crippen molar-refractivity contribution < 1.29 is 24.2 Å². The molecule has 0 saturated carbocycles. The highest BCUT2D eigenvalue weighted by atomic mass is 16.5. The smallest absolute Gasteiger partial charge is 0.326 e. The third kappa shape index (κ3) is 24.6. The minimum atomic E-state index is -1.02. The fraction of sp³-hybridized carbons (Fsp3) is 0.781. The van der Waals surface area contributed by atoms with Crippen molar-refractivity contribution in [2.24, 2.45) is 5.73 Å². The van der Waals surface area contributed by atoms with Crippen LogP contribution in [0.3, 0.4) is 0 Å². The second kappa shape index (κ2) is 27.4. The van der Waals surface area contributed by atoms with Gasteiger partial charge >= 0.3 is 11.9 Å². The fourth-order valence-electron chi connectivity index (χ4n) is 4.29. The SMILES string of the molecule is CCC/C=C\C(CCCCCCC(=O)NC(CCCN)C(=O)O)OC(=O)CCCCCCC/C=C\CCCC. The molecule has 0 aromatic carbocycles. The minimum Gasteiger partial charge on any atom is -0.480 e. The molecule has 2 unspecified atom stereocenters. The van der Waals surface area contributed by atoms with Crippen LogP contribution in [0, 0.1) is 0 Å². The van der Waals surface area contributed by atoms with Gasteiger partial charge in [-0.2, -0.15) is 0 Å². The molecule has 0 fully saturated rings. The van der Waals surface area contributed by atoms with E-state index in [2.05, 4.69) is 37.4 Å². The van der Waals surface area contributed by atoms with Crippen LogP contribution >= 0.6 is 0 Å². The number of rotatable bonds is 27. The number of hydrogen-bond donors (Lipinski definition) is 3. The highest BCUT2D eigenvalue weighted by Gasteiger charge is 2.18. The van der Waals surface area contributed by atoms with Crippen molar-refractivity contribution in [1.82, 2.24) is 5.32 Å². The summed E-state index contributed by atoms with van der Waals surface area (Å²) in [5, 5.41) is 11.8. The first-order chi connectivity index (χ1) is 18.9. The van der Waals surface area contributed by atoms with E-state index in [1.54, 1.807) is 0 Å². The second-order valence-corrected chi connectivity index (χ2v) is 10.5. The van der Waals surface area contributed by atoms with Crippen molar-refractivity contribution in [3.05, 3.63) is 24.3 Å². The number of aliphatic carboxylic acids is 1. The van der Waals surface area contributed by atoms with E-state index in [1.165, 1.54) is 38.5 Å². The number of allylic oxidation sites excluding steroid dienone is 3. The van der Waals surface area contributed by atoms with Crippen LogP contribution in [-0.2, 0) is 19.1 Å². The molecule has 0 aromatic heterocycles. The molecular weight excluding hydrogens is 492 g/mol. The number of carboxylic acids is 1. The van der Waals surface area contributed by atoms with Crippen LogP contribution < -0.4 is 11.1 Å². The molecule has 1 amide bonds. The summed E-state index contributed by atoms with van der Waals surface area (Å²) in [4.78, 5) is 35.7. The number of unbranched alkanes of at least 4 members (excludes halogenated alkanes) is 11. The summed E-state index contributed by atoms with van der Waals surface area (Å²) in [5.41, 5.74) is 5.44. The number of carbonyl (C=O) groups excluding carboxylic acids is 2. The van der Waals surface area contributed by atoms with Gasteiger partial charge in [0.15, 0.2) is 0 Å². The highest BCUT2D eigenvalue weighted by molar-refractivity contribution is 5.83. The Kier molecular flexibility index (Phi) is 25.9. The Morgan fingerprint density at radius 2 is 1.38 bits per heavy atom. The first-order valence-electron chi connectivity index (χ1n) is 15.7. The van der Waals surface area contributed by atoms with Crippen molar-refractivity contribution in [3.63, 3.8) is 0 Å². The summed E-state index contributed by atoms with van der Waals surface area (Å²) in [7, 11) is 0. The first kappa shape index (κ1) is 36.8. The van der Waals surface area contributed by atoms with Crippen LogP contribution in [0.5, 0.6) is 0 Å². The van der Waals surface area contributed by atoms with Gasteiger partial charge in [-0.1, -0.05) is 83.4 Å². The van der Waals surface area contributed by atoms with Crippen molar-refractivity contribution >= 4 is 17.8 Å². The Morgan fingerprint density at radius 1 is 0.744 bits per heavy atom. The number of carbonyl (C=O) groups is 3. The number of carboxylic acid groups (broad SMARTS) is 1. The first-order valence-corrected chi connectivity index (χ1v) is 15.7. The monoisotopic (exact) mass is 550 g/mol. The topological polar surface area (TPSA) is 119 Å². The van der Waals surface area contributed by atoms with Gasteiger partial charge in [-0.3, -0.25) is 9.59 Å². The lowest BCUT2D eigenvalue weighted by Gasteiger charge is -2.15. The lowest BCUT2D eigenvalue weighted by molar-refractivity contribution is -0.147. The zero-order valence-corrected chi connectivity index (χ0v) is 25.0. The third-order valence-corrected chi connectivity index (χ3v) is 6.70. The minimum absolute atomic E-state index is 0.112. The summed E-state index contributed by atoms with van der Waals surface area (Å²) >= 11 is 0. The van der Waals surface area contributed by atoms with E-state index < -0.39 is 12.0 Å². The number of esters is 1. The van der Waals surface area contributed by atoms with Crippen LogP contribution in [0.4, 0.5) is 0 Å².